The van der Waals surface area contributed by atoms with Crippen molar-refractivity contribution in [1.82, 2.24) is 5.32 Å². The number of ether oxygens (including phenoxy) is 1. The Labute approximate surface area is 125 Å². The molecule has 0 saturated carbocycles. The Kier molecular flexibility index (Phi) is 5.34. The first-order valence-electron chi connectivity index (χ1n) is 6.07. The summed E-state index contributed by atoms with van der Waals surface area (Å²) in [6.07, 6.45) is 0. The lowest BCUT2D eigenvalue weighted by molar-refractivity contribution is -0.0506. The van der Waals surface area contributed by atoms with Crippen molar-refractivity contribution in [3.63, 3.8) is 0 Å². The maximum Gasteiger partial charge on any atom is 0.387 e. The van der Waals surface area contributed by atoms with E-state index >= 15 is 0 Å². The Balaban J connectivity index is 2.03. The minimum atomic E-state index is -2.82. The van der Waals surface area contributed by atoms with Gasteiger partial charge in [-0.3, -0.25) is 0 Å². The van der Waals surface area contributed by atoms with Gasteiger partial charge in [0.25, 0.3) is 0 Å². The highest BCUT2D eigenvalue weighted by Gasteiger charge is 2.14. The number of halogens is 3. The fourth-order valence-electron chi connectivity index (χ4n) is 1.85. The number of thiophene rings is 1. The van der Waals surface area contributed by atoms with E-state index in [0.29, 0.717) is 12.1 Å². The van der Waals surface area contributed by atoms with E-state index in [1.807, 2.05) is 19.1 Å². The third-order valence-corrected chi connectivity index (χ3v) is 4.04. The lowest BCUT2D eigenvalue weighted by Crippen LogP contribution is -2.18. The van der Waals surface area contributed by atoms with Gasteiger partial charge in [0.1, 0.15) is 5.75 Å². The van der Waals surface area contributed by atoms with Crippen molar-refractivity contribution in [2.45, 2.75) is 26.1 Å². The van der Waals surface area contributed by atoms with E-state index in [2.05, 4.69) is 10.1 Å². The summed E-state index contributed by atoms with van der Waals surface area (Å²) in [5.41, 5.74) is 0.704. The summed E-state index contributed by atoms with van der Waals surface area (Å²) in [7, 11) is 0. The van der Waals surface area contributed by atoms with E-state index in [-0.39, 0.29) is 11.8 Å². The van der Waals surface area contributed by atoms with E-state index < -0.39 is 6.61 Å². The molecule has 0 bridgehead atoms. The van der Waals surface area contributed by atoms with Crippen LogP contribution < -0.4 is 10.1 Å². The van der Waals surface area contributed by atoms with Crippen molar-refractivity contribution in [1.29, 1.82) is 0 Å². The molecule has 0 spiro atoms. The zero-order valence-electron chi connectivity index (χ0n) is 10.8. The van der Waals surface area contributed by atoms with Crippen LogP contribution >= 0.6 is 22.9 Å². The van der Waals surface area contributed by atoms with Crippen LogP contribution in [0.25, 0.3) is 0 Å². The molecule has 1 heterocycles. The molecule has 0 radical (unpaired) electrons. The molecule has 20 heavy (non-hydrogen) atoms. The lowest BCUT2D eigenvalue weighted by Gasteiger charge is -2.17. The first kappa shape index (κ1) is 15.2. The van der Waals surface area contributed by atoms with Crippen molar-refractivity contribution in [3.05, 3.63) is 51.2 Å². The zero-order chi connectivity index (χ0) is 14.5. The standard InChI is InChI=1S/C14H14ClF2NOS/c1-9(18-8-10-6-7-13(15)20-10)11-4-2-3-5-12(11)19-14(16)17/h2-7,9,14,18H,8H2,1H3. The number of rotatable bonds is 6. The van der Waals surface area contributed by atoms with E-state index in [4.69, 9.17) is 11.6 Å². The van der Waals surface area contributed by atoms with Crippen LogP contribution in [0.4, 0.5) is 8.78 Å². The number of alkyl halides is 2. The van der Waals surface area contributed by atoms with Crippen LogP contribution in [-0.2, 0) is 6.54 Å². The fourth-order valence-corrected chi connectivity index (χ4v) is 2.89. The summed E-state index contributed by atoms with van der Waals surface area (Å²) < 4.78 is 30.0. The molecule has 1 unspecified atom stereocenters. The molecule has 2 aromatic rings. The summed E-state index contributed by atoms with van der Waals surface area (Å²) >= 11 is 7.35. The maximum absolute atomic E-state index is 12.4. The highest BCUT2D eigenvalue weighted by atomic mass is 35.5. The molecule has 0 fully saturated rings. The molecule has 108 valence electrons. The Hall–Kier alpha value is -1.17. The second-order valence-corrected chi connectivity index (χ2v) is 6.02. The highest BCUT2D eigenvalue weighted by Crippen LogP contribution is 2.27. The van der Waals surface area contributed by atoms with Crippen LogP contribution in [0.5, 0.6) is 5.75 Å². The maximum atomic E-state index is 12.4. The predicted molar refractivity (Wildman–Crippen MR) is 77.7 cm³/mol. The van der Waals surface area contributed by atoms with Crippen LogP contribution in [0.15, 0.2) is 36.4 Å². The Bertz CT molecular complexity index is 562. The van der Waals surface area contributed by atoms with Gasteiger partial charge in [-0.2, -0.15) is 8.78 Å². The van der Waals surface area contributed by atoms with Gasteiger partial charge in [0.15, 0.2) is 0 Å². The molecule has 0 saturated heterocycles. The average molecular weight is 318 g/mol. The normalized spacial score (nSPS) is 12.7. The van der Waals surface area contributed by atoms with E-state index in [1.165, 1.54) is 11.3 Å². The Morgan fingerprint density at radius 1 is 1.25 bits per heavy atom. The monoisotopic (exact) mass is 317 g/mol. The largest absolute Gasteiger partial charge is 0.434 e. The first-order chi connectivity index (χ1) is 9.56. The number of hydrogen-bond donors (Lipinski definition) is 1. The van der Waals surface area contributed by atoms with Crippen LogP contribution in [0.1, 0.15) is 23.4 Å². The van der Waals surface area contributed by atoms with Crippen LogP contribution in [0, 0.1) is 0 Å². The summed E-state index contributed by atoms with van der Waals surface area (Å²) in [4.78, 5) is 1.09. The van der Waals surface area contributed by atoms with E-state index in [9.17, 15) is 8.78 Å². The molecule has 1 aromatic carbocycles. The molecule has 0 aliphatic carbocycles. The second kappa shape index (κ2) is 7.02. The topological polar surface area (TPSA) is 21.3 Å². The van der Waals surface area contributed by atoms with Crippen molar-refractivity contribution < 1.29 is 13.5 Å². The molecular weight excluding hydrogens is 304 g/mol. The summed E-state index contributed by atoms with van der Waals surface area (Å²) in [5.74, 6) is 0.201. The Morgan fingerprint density at radius 2 is 2.00 bits per heavy atom. The van der Waals surface area contributed by atoms with Crippen LogP contribution in [0.3, 0.4) is 0 Å². The molecule has 0 aliphatic rings. The van der Waals surface area contributed by atoms with Gasteiger partial charge in [-0.25, -0.2) is 0 Å². The SMILES string of the molecule is CC(NCc1ccc(Cl)s1)c1ccccc1OC(F)F. The number of benzene rings is 1. The quantitative estimate of drug-likeness (QED) is 0.822. The first-order valence-corrected chi connectivity index (χ1v) is 7.27. The minimum Gasteiger partial charge on any atom is -0.434 e. The molecule has 0 amide bonds. The van der Waals surface area contributed by atoms with E-state index in [0.717, 1.165) is 9.21 Å². The predicted octanol–water partition coefficient (Wildman–Crippen LogP) is 4.85. The lowest BCUT2D eigenvalue weighted by atomic mass is 10.1. The molecule has 2 nitrogen and oxygen atoms in total. The molecule has 6 heteroatoms. The van der Waals surface area contributed by atoms with Crippen molar-refractivity contribution in [2.24, 2.45) is 0 Å². The highest BCUT2D eigenvalue weighted by molar-refractivity contribution is 7.16. The summed E-state index contributed by atoms with van der Waals surface area (Å²) in [6.45, 7) is -0.288. The van der Waals surface area contributed by atoms with Gasteiger partial charge in [-0.15, -0.1) is 11.3 Å². The number of hydrogen-bond acceptors (Lipinski definition) is 3. The van der Waals surface area contributed by atoms with Crippen LogP contribution in [-0.4, -0.2) is 6.61 Å². The van der Waals surface area contributed by atoms with Gasteiger partial charge >= 0.3 is 6.61 Å². The molecule has 1 atom stereocenters. The molecule has 0 aliphatic heterocycles. The number of para-hydroxylation sites is 1. The molecule has 2 rings (SSSR count). The van der Waals surface area contributed by atoms with Gasteiger partial charge in [0.2, 0.25) is 0 Å². The van der Waals surface area contributed by atoms with Gasteiger partial charge in [0.05, 0.1) is 4.34 Å². The molecular formula is C14H14ClF2NOS. The van der Waals surface area contributed by atoms with Crippen molar-refractivity contribution in [2.75, 3.05) is 0 Å². The third-order valence-electron chi connectivity index (χ3n) is 2.81. The fraction of sp³-hybridized carbons (Fsp3) is 0.286. The average Bonchev–Trinajstić information content (AvgIpc) is 2.82. The van der Waals surface area contributed by atoms with E-state index in [1.54, 1.807) is 24.3 Å². The summed E-state index contributed by atoms with van der Waals surface area (Å²) in [5, 5.41) is 3.27. The Morgan fingerprint density at radius 3 is 2.65 bits per heavy atom. The minimum absolute atomic E-state index is 0.106. The number of nitrogens with one attached hydrogen (secondary N) is 1. The third kappa shape index (κ3) is 4.16. The zero-order valence-corrected chi connectivity index (χ0v) is 12.3. The van der Waals surface area contributed by atoms with Crippen LogP contribution in [0.2, 0.25) is 4.34 Å². The molecule has 1 N–H and O–H groups in total. The smallest absolute Gasteiger partial charge is 0.387 e. The second-order valence-electron chi connectivity index (χ2n) is 4.22. The summed E-state index contributed by atoms with van der Waals surface area (Å²) in [6, 6.07) is 10.5. The van der Waals surface area contributed by atoms with Gasteiger partial charge in [-0.1, -0.05) is 29.8 Å². The van der Waals surface area contributed by atoms with Gasteiger partial charge in [-0.05, 0) is 25.1 Å². The molecule has 1 aromatic heterocycles. The van der Waals surface area contributed by atoms with Crippen molar-refractivity contribution >= 4 is 22.9 Å². The van der Waals surface area contributed by atoms with Gasteiger partial charge < -0.3 is 10.1 Å². The van der Waals surface area contributed by atoms with Gasteiger partial charge in [0, 0.05) is 23.0 Å². The van der Waals surface area contributed by atoms with Crippen molar-refractivity contribution in [3.8, 4) is 5.75 Å².